The number of ether oxygens (including phenoxy) is 1. The summed E-state index contributed by atoms with van der Waals surface area (Å²) in [5.41, 5.74) is 1.98. The smallest absolute Gasteiger partial charge is 0.155 e. The van der Waals surface area contributed by atoms with Crippen LogP contribution >= 0.6 is 0 Å². The van der Waals surface area contributed by atoms with Crippen LogP contribution in [0.2, 0.25) is 0 Å². The summed E-state index contributed by atoms with van der Waals surface area (Å²) < 4.78 is 5.15. The fourth-order valence-corrected chi connectivity index (χ4v) is 1.82. The number of methoxy groups -OCH3 is 1. The first kappa shape index (κ1) is 14.3. The second-order valence-corrected chi connectivity index (χ2v) is 4.42. The Hall–Kier alpha value is -2.14. The van der Waals surface area contributed by atoms with Gasteiger partial charge in [-0.1, -0.05) is 6.92 Å². The van der Waals surface area contributed by atoms with Crippen molar-refractivity contribution in [3.8, 4) is 5.75 Å². The number of benzene rings is 1. The van der Waals surface area contributed by atoms with Crippen LogP contribution in [0.1, 0.15) is 12.6 Å². The molecule has 1 aromatic carbocycles. The highest BCUT2D eigenvalue weighted by Gasteiger charge is 2.06. The van der Waals surface area contributed by atoms with E-state index in [1.807, 2.05) is 48.3 Å². The number of aromatic nitrogens is 2. The monoisotopic (exact) mass is 272 g/mol. The molecular weight excluding hydrogens is 252 g/mol. The van der Waals surface area contributed by atoms with Crippen molar-refractivity contribution in [1.82, 2.24) is 15.5 Å². The molecule has 0 saturated carbocycles. The molecular formula is C15H20N4O. The summed E-state index contributed by atoms with van der Waals surface area (Å²) >= 11 is 0. The van der Waals surface area contributed by atoms with Crippen LogP contribution in [0, 0.1) is 0 Å². The Kier molecular flexibility index (Phi) is 4.90. The minimum absolute atomic E-state index is 0.746. The summed E-state index contributed by atoms with van der Waals surface area (Å²) in [5.74, 6) is 1.66. The fourth-order valence-electron chi connectivity index (χ4n) is 1.82. The maximum Gasteiger partial charge on any atom is 0.155 e. The second-order valence-electron chi connectivity index (χ2n) is 4.42. The number of hydrogen-bond donors (Lipinski definition) is 1. The van der Waals surface area contributed by atoms with Crippen molar-refractivity contribution >= 4 is 11.5 Å². The summed E-state index contributed by atoms with van der Waals surface area (Å²) in [6, 6.07) is 11.8. The third-order valence-corrected chi connectivity index (χ3v) is 3.07. The van der Waals surface area contributed by atoms with Gasteiger partial charge in [-0.3, -0.25) is 0 Å². The number of nitrogens with one attached hydrogen (secondary N) is 1. The lowest BCUT2D eigenvalue weighted by Crippen LogP contribution is -2.15. The predicted molar refractivity (Wildman–Crippen MR) is 80.5 cm³/mol. The van der Waals surface area contributed by atoms with E-state index >= 15 is 0 Å². The first-order chi connectivity index (χ1) is 9.74. The van der Waals surface area contributed by atoms with E-state index < -0.39 is 0 Å². The molecule has 5 nitrogen and oxygen atoms in total. The van der Waals surface area contributed by atoms with Crippen LogP contribution in [0.15, 0.2) is 36.4 Å². The molecule has 106 valence electrons. The molecule has 1 heterocycles. The van der Waals surface area contributed by atoms with Gasteiger partial charge in [-0.25, -0.2) is 0 Å². The van der Waals surface area contributed by atoms with Crippen LogP contribution in [-0.4, -0.2) is 30.9 Å². The lowest BCUT2D eigenvalue weighted by Gasteiger charge is -2.18. The highest BCUT2D eigenvalue weighted by molar-refractivity contribution is 5.59. The van der Waals surface area contributed by atoms with Gasteiger partial charge in [0.2, 0.25) is 0 Å². The lowest BCUT2D eigenvalue weighted by atomic mass is 10.2. The predicted octanol–water partition coefficient (Wildman–Crippen LogP) is 2.36. The van der Waals surface area contributed by atoms with Crippen LogP contribution in [0.25, 0.3) is 0 Å². The van der Waals surface area contributed by atoms with Gasteiger partial charge >= 0.3 is 0 Å². The molecule has 2 rings (SSSR count). The van der Waals surface area contributed by atoms with Gasteiger partial charge in [-0.15, -0.1) is 5.10 Å². The van der Waals surface area contributed by atoms with Crippen LogP contribution in [-0.2, 0) is 6.54 Å². The molecule has 0 bridgehead atoms. The van der Waals surface area contributed by atoms with E-state index in [9.17, 15) is 0 Å². The summed E-state index contributed by atoms with van der Waals surface area (Å²) in [7, 11) is 3.63. The number of rotatable bonds is 6. The summed E-state index contributed by atoms with van der Waals surface area (Å²) in [6.07, 6.45) is 0. The average Bonchev–Trinajstić information content (AvgIpc) is 2.53. The van der Waals surface area contributed by atoms with Gasteiger partial charge in [-0.05, 0) is 42.9 Å². The van der Waals surface area contributed by atoms with Gasteiger partial charge in [-0.2, -0.15) is 5.10 Å². The van der Waals surface area contributed by atoms with Crippen molar-refractivity contribution < 1.29 is 4.74 Å². The highest BCUT2D eigenvalue weighted by atomic mass is 16.5. The lowest BCUT2D eigenvalue weighted by molar-refractivity contribution is 0.415. The zero-order valence-electron chi connectivity index (χ0n) is 12.1. The van der Waals surface area contributed by atoms with E-state index in [2.05, 4.69) is 22.4 Å². The van der Waals surface area contributed by atoms with Crippen molar-refractivity contribution in [3.63, 3.8) is 0 Å². The van der Waals surface area contributed by atoms with Gasteiger partial charge < -0.3 is 15.0 Å². The van der Waals surface area contributed by atoms with E-state index in [1.165, 1.54) is 0 Å². The molecule has 1 aromatic heterocycles. The topological polar surface area (TPSA) is 50.3 Å². The molecule has 1 N–H and O–H groups in total. The normalized spacial score (nSPS) is 10.3. The maximum atomic E-state index is 5.15. The molecule has 0 radical (unpaired) electrons. The molecule has 0 aliphatic rings. The zero-order valence-corrected chi connectivity index (χ0v) is 12.1. The standard InChI is InChI=1S/C15H20N4O/c1-4-16-11-12-5-10-15(18-17-12)19(2)13-6-8-14(20-3)9-7-13/h5-10,16H,4,11H2,1-3H3. The van der Waals surface area contributed by atoms with Gasteiger partial charge in [0.05, 0.1) is 12.8 Å². The number of anilines is 2. The molecule has 2 aromatic rings. The van der Waals surface area contributed by atoms with Gasteiger partial charge in [0.1, 0.15) is 5.75 Å². The van der Waals surface area contributed by atoms with Gasteiger partial charge in [0.25, 0.3) is 0 Å². The maximum absolute atomic E-state index is 5.15. The molecule has 0 amide bonds. The Morgan fingerprint density at radius 3 is 2.40 bits per heavy atom. The van der Waals surface area contributed by atoms with Crippen LogP contribution < -0.4 is 15.0 Å². The van der Waals surface area contributed by atoms with Crippen LogP contribution in [0.5, 0.6) is 5.75 Å². The first-order valence-electron chi connectivity index (χ1n) is 6.65. The summed E-state index contributed by atoms with van der Waals surface area (Å²) in [4.78, 5) is 1.99. The largest absolute Gasteiger partial charge is 0.497 e. The number of nitrogens with zero attached hydrogens (tertiary/aromatic N) is 3. The molecule has 0 aliphatic carbocycles. The van der Waals surface area contributed by atoms with Crippen molar-refractivity contribution in [1.29, 1.82) is 0 Å². The van der Waals surface area contributed by atoms with Crippen LogP contribution in [0.4, 0.5) is 11.5 Å². The molecule has 0 atom stereocenters. The van der Waals surface area contributed by atoms with E-state index in [0.717, 1.165) is 36.0 Å². The van der Waals surface area contributed by atoms with Crippen molar-refractivity contribution in [2.45, 2.75) is 13.5 Å². The Balaban J connectivity index is 2.09. The quantitative estimate of drug-likeness (QED) is 0.875. The third-order valence-electron chi connectivity index (χ3n) is 3.07. The minimum Gasteiger partial charge on any atom is -0.497 e. The Morgan fingerprint density at radius 1 is 1.10 bits per heavy atom. The second kappa shape index (κ2) is 6.86. The van der Waals surface area contributed by atoms with Crippen LogP contribution in [0.3, 0.4) is 0 Å². The fraction of sp³-hybridized carbons (Fsp3) is 0.333. The van der Waals surface area contributed by atoms with Crippen molar-refractivity contribution in [2.24, 2.45) is 0 Å². The van der Waals surface area contributed by atoms with Gasteiger partial charge in [0, 0.05) is 19.3 Å². The molecule has 20 heavy (non-hydrogen) atoms. The summed E-state index contributed by atoms with van der Waals surface area (Å²) in [6.45, 7) is 3.74. The van der Waals surface area contributed by atoms with E-state index in [4.69, 9.17) is 4.74 Å². The Bertz CT molecular complexity index is 525. The molecule has 0 aliphatic heterocycles. The van der Waals surface area contributed by atoms with E-state index in [1.54, 1.807) is 7.11 Å². The molecule has 0 spiro atoms. The van der Waals surface area contributed by atoms with E-state index in [0.29, 0.717) is 0 Å². The highest BCUT2D eigenvalue weighted by Crippen LogP contribution is 2.23. The molecule has 0 saturated heterocycles. The average molecular weight is 272 g/mol. The molecule has 0 fully saturated rings. The van der Waals surface area contributed by atoms with Crippen molar-refractivity contribution in [2.75, 3.05) is 25.6 Å². The molecule has 5 heteroatoms. The third kappa shape index (κ3) is 3.45. The number of hydrogen-bond acceptors (Lipinski definition) is 5. The SMILES string of the molecule is CCNCc1ccc(N(C)c2ccc(OC)cc2)nn1. The van der Waals surface area contributed by atoms with Crippen molar-refractivity contribution in [3.05, 3.63) is 42.1 Å². The minimum atomic E-state index is 0.746. The van der Waals surface area contributed by atoms with E-state index in [-0.39, 0.29) is 0 Å². The Labute approximate surface area is 119 Å². The molecule has 0 unspecified atom stereocenters. The van der Waals surface area contributed by atoms with Gasteiger partial charge in [0.15, 0.2) is 5.82 Å². The zero-order chi connectivity index (χ0) is 14.4. The first-order valence-corrected chi connectivity index (χ1v) is 6.65. The Morgan fingerprint density at radius 2 is 1.85 bits per heavy atom. The summed E-state index contributed by atoms with van der Waals surface area (Å²) in [5, 5.41) is 11.7.